The van der Waals surface area contributed by atoms with Crippen LogP contribution in [0.4, 0.5) is 0 Å². The first-order valence-electron chi connectivity index (χ1n) is 5.66. The molecule has 0 aliphatic heterocycles. The van der Waals surface area contributed by atoms with E-state index in [0.29, 0.717) is 12.3 Å². The minimum Gasteiger partial charge on any atom is -0.454 e. The van der Waals surface area contributed by atoms with Crippen molar-refractivity contribution in [2.24, 2.45) is 5.84 Å². The number of furan rings is 1. The highest BCUT2D eigenvalue weighted by molar-refractivity contribution is 5.90. The van der Waals surface area contributed by atoms with Crippen molar-refractivity contribution < 1.29 is 9.21 Å². The number of hydrogen-bond acceptors (Lipinski definition) is 5. The molecule has 0 bridgehead atoms. The number of nitrogens with zero attached hydrogens (tertiary/aromatic N) is 3. The summed E-state index contributed by atoms with van der Waals surface area (Å²) in [7, 11) is 0. The number of para-hydroxylation sites is 1. The second kappa shape index (κ2) is 4.54. The number of nitrogens with two attached hydrogens (primary N) is 1. The summed E-state index contributed by atoms with van der Waals surface area (Å²) in [6, 6.07) is 10.9. The van der Waals surface area contributed by atoms with E-state index in [1.807, 2.05) is 29.7 Å². The van der Waals surface area contributed by atoms with Gasteiger partial charge in [-0.1, -0.05) is 17.3 Å². The molecule has 0 saturated heterocycles. The lowest BCUT2D eigenvalue weighted by Gasteiger charge is -1.99. The van der Waals surface area contributed by atoms with E-state index in [9.17, 15) is 4.79 Å². The van der Waals surface area contributed by atoms with Gasteiger partial charge in [0.15, 0.2) is 5.76 Å². The molecule has 1 aromatic carbocycles. The molecule has 2 heterocycles. The number of nitrogen functional groups attached to an aromatic ring is 1. The maximum atomic E-state index is 11.3. The Hall–Kier alpha value is -2.67. The van der Waals surface area contributed by atoms with Gasteiger partial charge in [0.05, 0.1) is 5.52 Å². The van der Waals surface area contributed by atoms with Gasteiger partial charge in [0.25, 0.3) is 0 Å². The van der Waals surface area contributed by atoms with Crippen LogP contribution < -0.4 is 11.3 Å². The Morgan fingerprint density at radius 2 is 2.16 bits per heavy atom. The first kappa shape index (κ1) is 11.4. The highest BCUT2D eigenvalue weighted by Crippen LogP contribution is 2.14. The lowest BCUT2D eigenvalue weighted by atomic mass is 10.3. The van der Waals surface area contributed by atoms with Gasteiger partial charge in [-0.25, -0.2) is 10.5 Å². The molecule has 0 radical (unpaired) electrons. The number of aromatic nitrogens is 3. The van der Waals surface area contributed by atoms with Crippen LogP contribution in [0.2, 0.25) is 0 Å². The summed E-state index contributed by atoms with van der Waals surface area (Å²) in [5.41, 5.74) is 3.74. The molecule has 0 aliphatic carbocycles. The molecule has 96 valence electrons. The predicted molar refractivity (Wildman–Crippen MR) is 67.0 cm³/mol. The number of carbonyl (C=O) groups excluding carboxylic acids is 1. The molecular formula is C12H11N5O2. The molecule has 0 atom stereocenters. The van der Waals surface area contributed by atoms with Crippen LogP contribution in [0.1, 0.15) is 16.3 Å². The van der Waals surface area contributed by atoms with Gasteiger partial charge in [0, 0.05) is 0 Å². The lowest BCUT2D eigenvalue weighted by Crippen LogP contribution is -2.29. The fourth-order valence-corrected chi connectivity index (χ4v) is 1.84. The number of hydrazine groups is 1. The van der Waals surface area contributed by atoms with Crippen LogP contribution in [0.15, 0.2) is 40.8 Å². The first-order valence-corrected chi connectivity index (χ1v) is 5.66. The van der Waals surface area contributed by atoms with E-state index in [1.54, 1.807) is 16.8 Å². The average molecular weight is 257 g/mol. The van der Waals surface area contributed by atoms with Crippen molar-refractivity contribution in [3.8, 4) is 0 Å². The predicted octanol–water partition coefficient (Wildman–Crippen LogP) is 0.676. The molecule has 3 aromatic rings. The maximum Gasteiger partial charge on any atom is 0.300 e. The van der Waals surface area contributed by atoms with Crippen LogP contribution in [0.3, 0.4) is 0 Å². The maximum absolute atomic E-state index is 11.3. The van der Waals surface area contributed by atoms with Crippen molar-refractivity contribution in [3.63, 3.8) is 0 Å². The third-order valence-corrected chi connectivity index (χ3v) is 2.74. The van der Waals surface area contributed by atoms with Crippen molar-refractivity contribution in [3.05, 3.63) is 47.9 Å². The lowest BCUT2D eigenvalue weighted by molar-refractivity contribution is 0.0924. The van der Waals surface area contributed by atoms with Crippen molar-refractivity contribution in [1.82, 2.24) is 20.4 Å². The number of hydrogen-bond donors (Lipinski definition) is 2. The summed E-state index contributed by atoms with van der Waals surface area (Å²) in [6.07, 6.45) is 0. The van der Waals surface area contributed by atoms with Crippen LogP contribution in [-0.4, -0.2) is 20.9 Å². The number of rotatable bonds is 3. The highest BCUT2D eigenvalue weighted by Gasteiger charge is 2.11. The minimum absolute atomic E-state index is 0.168. The van der Waals surface area contributed by atoms with Gasteiger partial charge in [0.2, 0.25) is 0 Å². The third kappa shape index (κ3) is 2.06. The average Bonchev–Trinajstić information content (AvgIpc) is 3.06. The zero-order chi connectivity index (χ0) is 13.2. The Morgan fingerprint density at radius 1 is 1.32 bits per heavy atom. The Bertz CT molecular complexity index is 730. The molecule has 1 amide bonds. The van der Waals surface area contributed by atoms with Crippen LogP contribution in [0.5, 0.6) is 0 Å². The number of carbonyl (C=O) groups is 1. The molecule has 3 N–H and O–H groups in total. The topological polar surface area (TPSA) is 99.0 Å². The molecule has 7 heteroatoms. The van der Waals surface area contributed by atoms with Gasteiger partial charge in [-0.2, -0.15) is 0 Å². The highest BCUT2D eigenvalue weighted by atomic mass is 16.4. The number of fused-ring (bicyclic) bond motifs is 1. The van der Waals surface area contributed by atoms with Crippen LogP contribution in [0, 0.1) is 0 Å². The molecule has 0 spiro atoms. The van der Waals surface area contributed by atoms with Gasteiger partial charge in [-0.3, -0.25) is 10.2 Å². The minimum atomic E-state index is -0.463. The standard InChI is InChI=1S/C12H11N5O2/c13-14-12(18)11-6-5-8(19-11)7-17-10-4-2-1-3-9(10)15-16-17/h1-6H,7,13H2,(H,14,18). The zero-order valence-corrected chi connectivity index (χ0v) is 9.91. The number of nitrogens with one attached hydrogen (secondary N) is 1. The van der Waals surface area contributed by atoms with Gasteiger partial charge >= 0.3 is 5.91 Å². The quantitative estimate of drug-likeness (QED) is 0.408. The number of amides is 1. The molecule has 3 rings (SSSR count). The monoisotopic (exact) mass is 257 g/mol. The Morgan fingerprint density at radius 3 is 3.00 bits per heavy atom. The molecule has 19 heavy (non-hydrogen) atoms. The SMILES string of the molecule is NNC(=O)c1ccc(Cn2nnc3ccccc32)o1. The largest absolute Gasteiger partial charge is 0.454 e. The van der Waals surface area contributed by atoms with Gasteiger partial charge in [-0.15, -0.1) is 5.10 Å². The molecule has 2 aromatic heterocycles. The van der Waals surface area contributed by atoms with Crippen LogP contribution in [-0.2, 0) is 6.54 Å². The van der Waals surface area contributed by atoms with Crippen molar-refractivity contribution >= 4 is 16.9 Å². The van der Waals surface area contributed by atoms with Crippen LogP contribution >= 0.6 is 0 Å². The Balaban J connectivity index is 1.89. The van der Waals surface area contributed by atoms with Gasteiger partial charge in [0.1, 0.15) is 17.8 Å². The number of benzene rings is 1. The van der Waals surface area contributed by atoms with Crippen LogP contribution in [0.25, 0.3) is 11.0 Å². The molecular weight excluding hydrogens is 246 g/mol. The van der Waals surface area contributed by atoms with Crippen molar-refractivity contribution in [2.45, 2.75) is 6.54 Å². The molecule has 0 fully saturated rings. The van der Waals surface area contributed by atoms with E-state index >= 15 is 0 Å². The van der Waals surface area contributed by atoms with Crippen molar-refractivity contribution in [2.75, 3.05) is 0 Å². The van der Waals surface area contributed by atoms with Crippen molar-refractivity contribution in [1.29, 1.82) is 0 Å². The second-order valence-electron chi connectivity index (χ2n) is 3.98. The van der Waals surface area contributed by atoms with E-state index in [0.717, 1.165) is 11.0 Å². The summed E-state index contributed by atoms with van der Waals surface area (Å²) < 4.78 is 7.08. The fraction of sp³-hybridized carbons (Fsp3) is 0.0833. The zero-order valence-electron chi connectivity index (χ0n) is 9.91. The summed E-state index contributed by atoms with van der Waals surface area (Å²) >= 11 is 0. The molecule has 0 unspecified atom stereocenters. The Kier molecular flexibility index (Phi) is 2.73. The summed E-state index contributed by atoms with van der Waals surface area (Å²) in [5, 5.41) is 8.09. The third-order valence-electron chi connectivity index (χ3n) is 2.74. The fourth-order valence-electron chi connectivity index (χ4n) is 1.84. The summed E-state index contributed by atoms with van der Waals surface area (Å²) in [4.78, 5) is 11.3. The summed E-state index contributed by atoms with van der Waals surface area (Å²) in [6.45, 7) is 0.401. The van der Waals surface area contributed by atoms with E-state index in [-0.39, 0.29) is 5.76 Å². The molecule has 0 aliphatic rings. The molecule has 7 nitrogen and oxygen atoms in total. The van der Waals surface area contributed by atoms with E-state index in [2.05, 4.69) is 10.3 Å². The van der Waals surface area contributed by atoms with E-state index in [4.69, 9.17) is 10.3 Å². The summed E-state index contributed by atoms with van der Waals surface area (Å²) in [5.74, 6) is 5.35. The smallest absolute Gasteiger partial charge is 0.300 e. The Labute approximate surface area is 108 Å². The van der Waals surface area contributed by atoms with Gasteiger partial charge in [-0.05, 0) is 24.3 Å². The first-order chi connectivity index (χ1) is 9.28. The molecule has 0 saturated carbocycles. The second-order valence-corrected chi connectivity index (χ2v) is 3.98. The van der Waals surface area contributed by atoms with Gasteiger partial charge < -0.3 is 4.42 Å². The normalized spacial score (nSPS) is 10.8. The van der Waals surface area contributed by atoms with E-state index < -0.39 is 5.91 Å². The van der Waals surface area contributed by atoms with E-state index in [1.165, 1.54) is 0 Å².